The second kappa shape index (κ2) is 6.99. The van der Waals surface area contributed by atoms with E-state index >= 15 is 0 Å². The summed E-state index contributed by atoms with van der Waals surface area (Å²) >= 11 is 1.81. The van der Waals surface area contributed by atoms with E-state index in [0.717, 1.165) is 17.7 Å². The Morgan fingerprint density at radius 2 is 2.00 bits per heavy atom. The number of benzene rings is 2. The smallest absolute Gasteiger partial charge is 0.251 e. The van der Waals surface area contributed by atoms with E-state index in [1.54, 1.807) is 36.0 Å². The number of hydrogen-bond donors (Lipinski definition) is 1. The summed E-state index contributed by atoms with van der Waals surface area (Å²) in [4.78, 5) is 13.8. The molecule has 1 heterocycles. The molecule has 4 nitrogen and oxygen atoms in total. The first-order valence-electron chi connectivity index (χ1n) is 7.72. The first-order chi connectivity index (χ1) is 11.4. The molecule has 0 unspecified atom stereocenters. The molecule has 0 aliphatic carbocycles. The van der Waals surface area contributed by atoms with Gasteiger partial charge in [-0.15, -0.1) is 11.8 Å². The van der Waals surface area contributed by atoms with Gasteiger partial charge in [-0.2, -0.15) is 0 Å². The van der Waals surface area contributed by atoms with Crippen LogP contribution < -0.4 is 5.32 Å². The molecule has 0 bridgehead atoms. The third-order valence-electron chi connectivity index (χ3n) is 3.88. The molecule has 0 aromatic heterocycles. The average molecular weight is 361 g/mol. The molecule has 3 rings (SSSR count). The van der Waals surface area contributed by atoms with Gasteiger partial charge in [0.2, 0.25) is 0 Å². The number of rotatable bonds is 4. The van der Waals surface area contributed by atoms with Crippen LogP contribution >= 0.6 is 11.8 Å². The Morgan fingerprint density at radius 1 is 1.21 bits per heavy atom. The minimum Gasteiger partial charge on any atom is -0.345 e. The molecule has 1 aliphatic heterocycles. The van der Waals surface area contributed by atoms with Gasteiger partial charge in [-0.1, -0.05) is 30.3 Å². The lowest BCUT2D eigenvalue weighted by Gasteiger charge is -2.26. The molecule has 1 N–H and O–H groups in total. The van der Waals surface area contributed by atoms with Gasteiger partial charge in [0.25, 0.3) is 5.91 Å². The molecule has 1 aliphatic rings. The van der Waals surface area contributed by atoms with E-state index in [0.29, 0.717) is 11.1 Å². The first kappa shape index (κ1) is 17.0. The maximum atomic E-state index is 12.6. The molecule has 0 spiro atoms. The Morgan fingerprint density at radius 3 is 2.79 bits per heavy atom. The van der Waals surface area contributed by atoms with Crippen molar-refractivity contribution >= 4 is 27.5 Å². The summed E-state index contributed by atoms with van der Waals surface area (Å²) in [6.07, 6.45) is 2.08. The van der Waals surface area contributed by atoms with Crippen molar-refractivity contribution < 1.29 is 13.2 Å². The summed E-state index contributed by atoms with van der Waals surface area (Å²) < 4.78 is 22.9. The molecule has 0 radical (unpaired) electrons. The zero-order valence-electron chi connectivity index (χ0n) is 13.4. The van der Waals surface area contributed by atoms with Crippen LogP contribution in [0.4, 0.5) is 0 Å². The predicted molar refractivity (Wildman–Crippen MR) is 97.0 cm³/mol. The molecule has 0 saturated heterocycles. The van der Waals surface area contributed by atoms with Crippen LogP contribution in [0.1, 0.15) is 33.9 Å². The second-order valence-electron chi connectivity index (χ2n) is 5.97. The van der Waals surface area contributed by atoms with Crippen molar-refractivity contribution in [2.24, 2.45) is 0 Å². The third kappa shape index (κ3) is 4.19. The lowest BCUT2D eigenvalue weighted by atomic mass is 10.0. The summed E-state index contributed by atoms with van der Waals surface area (Å²) in [5.74, 6) is 0.740. The predicted octanol–water partition coefficient (Wildman–Crippen LogP) is 3.20. The minimum atomic E-state index is -3.12. The molecule has 1 amide bonds. The topological polar surface area (TPSA) is 63.2 Å². The normalized spacial score (nSPS) is 17.1. The largest absolute Gasteiger partial charge is 0.345 e. The van der Waals surface area contributed by atoms with Gasteiger partial charge in [0.1, 0.15) is 0 Å². The molecule has 2 aromatic carbocycles. The van der Waals surface area contributed by atoms with E-state index in [1.165, 1.54) is 11.2 Å². The van der Waals surface area contributed by atoms with Crippen molar-refractivity contribution in [3.05, 3.63) is 65.2 Å². The van der Waals surface area contributed by atoms with E-state index in [2.05, 4.69) is 11.4 Å². The Kier molecular flexibility index (Phi) is 4.96. The van der Waals surface area contributed by atoms with Crippen molar-refractivity contribution in [1.82, 2.24) is 5.32 Å². The van der Waals surface area contributed by atoms with Gasteiger partial charge in [-0.3, -0.25) is 4.79 Å². The van der Waals surface area contributed by atoms with Crippen LogP contribution in [0, 0.1) is 0 Å². The summed E-state index contributed by atoms with van der Waals surface area (Å²) in [6.45, 7) is 0. The number of amides is 1. The molecule has 0 saturated carbocycles. The maximum absolute atomic E-state index is 12.6. The van der Waals surface area contributed by atoms with E-state index in [1.807, 2.05) is 18.2 Å². The SMILES string of the molecule is CS(=O)(=O)Cc1cccc(C(=O)N[C@H]2CCSc3ccccc32)c1. The molecular weight excluding hydrogens is 342 g/mol. The Hall–Kier alpha value is -1.79. The van der Waals surface area contributed by atoms with Gasteiger partial charge in [-0.25, -0.2) is 8.42 Å². The summed E-state index contributed by atoms with van der Waals surface area (Å²) in [7, 11) is -3.12. The molecule has 2 aromatic rings. The summed E-state index contributed by atoms with van der Waals surface area (Å²) in [5, 5.41) is 3.08. The number of sulfone groups is 1. The molecule has 1 atom stereocenters. The van der Waals surface area contributed by atoms with Gasteiger partial charge in [0, 0.05) is 22.5 Å². The fraction of sp³-hybridized carbons (Fsp3) is 0.278. The van der Waals surface area contributed by atoms with Gasteiger partial charge in [-0.05, 0) is 35.7 Å². The van der Waals surface area contributed by atoms with Gasteiger partial charge in [0.05, 0.1) is 11.8 Å². The number of thioether (sulfide) groups is 1. The Bertz CT molecular complexity index is 862. The lowest BCUT2D eigenvalue weighted by molar-refractivity contribution is 0.0935. The minimum absolute atomic E-state index is 0.00601. The monoisotopic (exact) mass is 361 g/mol. The fourth-order valence-corrected chi connectivity index (χ4v) is 4.75. The first-order valence-corrected chi connectivity index (χ1v) is 10.8. The number of hydrogen-bond acceptors (Lipinski definition) is 4. The number of carbonyl (C=O) groups is 1. The van der Waals surface area contributed by atoms with Crippen LogP contribution in [0.25, 0.3) is 0 Å². The van der Waals surface area contributed by atoms with Crippen molar-refractivity contribution in [2.45, 2.75) is 23.1 Å². The third-order valence-corrected chi connectivity index (χ3v) is 5.86. The number of carbonyl (C=O) groups excluding carboxylic acids is 1. The van der Waals surface area contributed by atoms with Crippen LogP contribution in [0.3, 0.4) is 0 Å². The molecule has 24 heavy (non-hydrogen) atoms. The highest BCUT2D eigenvalue weighted by atomic mass is 32.2. The van der Waals surface area contributed by atoms with Gasteiger partial charge in [0.15, 0.2) is 9.84 Å². The highest BCUT2D eigenvalue weighted by Crippen LogP contribution is 2.35. The van der Waals surface area contributed by atoms with Crippen LogP contribution in [0.5, 0.6) is 0 Å². The maximum Gasteiger partial charge on any atom is 0.251 e. The quantitative estimate of drug-likeness (QED) is 0.908. The molecule has 0 fully saturated rings. The second-order valence-corrected chi connectivity index (χ2v) is 9.25. The van der Waals surface area contributed by atoms with Crippen molar-refractivity contribution in [2.75, 3.05) is 12.0 Å². The van der Waals surface area contributed by atoms with E-state index in [9.17, 15) is 13.2 Å². The van der Waals surface area contributed by atoms with E-state index in [-0.39, 0.29) is 17.7 Å². The van der Waals surface area contributed by atoms with Crippen LogP contribution in [-0.4, -0.2) is 26.3 Å². The van der Waals surface area contributed by atoms with Crippen molar-refractivity contribution in [3.8, 4) is 0 Å². The van der Waals surface area contributed by atoms with E-state index in [4.69, 9.17) is 0 Å². The van der Waals surface area contributed by atoms with Crippen molar-refractivity contribution in [1.29, 1.82) is 0 Å². The highest BCUT2D eigenvalue weighted by molar-refractivity contribution is 7.99. The number of nitrogens with one attached hydrogen (secondary N) is 1. The highest BCUT2D eigenvalue weighted by Gasteiger charge is 2.22. The zero-order valence-corrected chi connectivity index (χ0v) is 15.0. The van der Waals surface area contributed by atoms with Crippen LogP contribution in [0.2, 0.25) is 0 Å². The summed E-state index contributed by atoms with van der Waals surface area (Å²) in [6, 6.07) is 14.9. The van der Waals surface area contributed by atoms with E-state index < -0.39 is 9.84 Å². The Balaban J connectivity index is 1.78. The van der Waals surface area contributed by atoms with Gasteiger partial charge < -0.3 is 5.32 Å². The van der Waals surface area contributed by atoms with Crippen LogP contribution in [0.15, 0.2) is 53.4 Å². The number of fused-ring (bicyclic) bond motifs is 1. The molecular formula is C18H19NO3S2. The Labute approximate surface area is 146 Å². The van der Waals surface area contributed by atoms with Crippen molar-refractivity contribution in [3.63, 3.8) is 0 Å². The zero-order chi connectivity index (χ0) is 17.2. The fourth-order valence-electron chi connectivity index (χ4n) is 2.84. The molecule has 126 valence electrons. The summed E-state index contributed by atoms with van der Waals surface area (Å²) in [5.41, 5.74) is 2.27. The average Bonchev–Trinajstić information content (AvgIpc) is 2.54. The molecule has 6 heteroatoms. The van der Waals surface area contributed by atoms with Crippen LogP contribution in [-0.2, 0) is 15.6 Å². The van der Waals surface area contributed by atoms with Gasteiger partial charge >= 0.3 is 0 Å². The standard InChI is InChI=1S/C18H19NO3S2/c1-24(21,22)12-13-5-4-6-14(11-13)18(20)19-16-9-10-23-17-8-3-2-7-15(16)17/h2-8,11,16H,9-10,12H2,1H3,(H,19,20)/t16-/m0/s1. The lowest BCUT2D eigenvalue weighted by Crippen LogP contribution is -2.30.